The Kier molecular flexibility index (Phi) is 4.62. The molecule has 3 rings (SSSR count). The van der Waals surface area contributed by atoms with E-state index in [4.69, 9.17) is 21.7 Å². The Labute approximate surface area is 148 Å². The maximum atomic E-state index is 6.06. The Balaban J connectivity index is 1.71. The van der Waals surface area contributed by atoms with Crippen molar-refractivity contribution in [3.63, 3.8) is 0 Å². The fraction of sp³-hybridized carbons (Fsp3) is 0.316. The molecule has 0 saturated heterocycles. The van der Waals surface area contributed by atoms with E-state index in [0.717, 1.165) is 29.2 Å². The second kappa shape index (κ2) is 6.69. The number of hydrogen-bond acceptors (Lipinski definition) is 3. The Morgan fingerprint density at radius 1 is 1.17 bits per heavy atom. The van der Waals surface area contributed by atoms with Crippen LogP contribution in [0.4, 0.5) is 5.69 Å². The number of hydrogen-bond donors (Lipinski definition) is 2. The Morgan fingerprint density at radius 3 is 2.58 bits per heavy atom. The molecule has 1 unspecified atom stereocenters. The van der Waals surface area contributed by atoms with E-state index < -0.39 is 0 Å². The zero-order valence-electron chi connectivity index (χ0n) is 14.1. The number of benzene rings is 2. The summed E-state index contributed by atoms with van der Waals surface area (Å²) in [4.78, 5) is 0. The van der Waals surface area contributed by atoms with Crippen molar-refractivity contribution in [1.82, 2.24) is 5.32 Å². The molecule has 1 heterocycles. The number of thiocarbonyl (C=S) groups is 1. The third kappa shape index (κ3) is 3.79. The third-order valence-corrected chi connectivity index (χ3v) is 4.25. The number of rotatable bonds is 3. The van der Waals surface area contributed by atoms with Crippen LogP contribution in [0, 0.1) is 0 Å². The summed E-state index contributed by atoms with van der Waals surface area (Å²) in [5.74, 6) is 1.73. The predicted octanol–water partition coefficient (Wildman–Crippen LogP) is 4.28. The van der Waals surface area contributed by atoms with Crippen LogP contribution < -0.4 is 20.1 Å². The zero-order chi connectivity index (χ0) is 17.2. The van der Waals surface area contributed by atoms with Gasteiger partial charge in [0.1, 0.15) is 17.1 Å². The van der Waals surface area contributed by atoms with Crippen molar-refractivity contribution in [2.75, 3.05) is 12.4 Å². The number of ether oxygens (including phenoxy) is 2. The number of anilines is 1. The molecule has 0 aliphatic carbocycles. The third-order valence-electron chi connectivity index (χ3n) is 4.03. The fourth-order valence-electron chi connectivity index (χ4n) is 2.93. The van der Waals surface area contributed by atoms with E-state index in [0.29, 0.717) is 5.11 Å². The van der Waals surface area contributed by atoms with Crippen molar-refractivity contribution in [3.8, 4) is 11.5 Å². The van der Waals surface area contributed by atoms with Gasteiger partial charge in [-0.05, 0) is 56.4 Å². The molecule has 5 heteroatoms. The molecule has 0 saturated carbocycles. The highest BCUT2D eigenvalue weighted by atomic mass is 32.1. The van der Waals surface area contributed by atoms with E-state index in [1.54, 1.807) is 7.11 Å². The van der Waals surface area contributed by atoms with Crippen molar-refractivity contribution >= 4 is 23.0 Å². The highest BCUT2D eigenvalue weighted by molar-refractivity contribution is 7.80. The van der Waals surface area contributed by atoms with Crippen molar-refractivity contribution in [3.05, 3.63) is 54.1 Å². The molecular weight excluding hydrogens is 320 g/mol. The van der Waals surface area contributed by atoms with Gasteiger partial charge in [-0.2, -0.15) is 0 Å². The highest BCUT2D eigenvalue weighted by Gasteiger charge is 2.33. The normalized spacial score (nSPS) is 18.0. The van der Waals surface area contributed by atoms with E-state index >= 15 is 0 Å². The molecule has 0 spiro atoms. The molecule has 0 radical (unpaired) electrons. The molecule has 0 bridgehead atoms. The van der Waals surface area contributed by atoms with Crippen LogP contribution in [0.1, 0.15) is 31.9 Å². The summed E-state index contributed by atoms with van der Waals surface area (Å²) in [6.45, 7) is 4.19. The van der Waals surface area contributed by atoms with Gasteiger partial charge in [0.2, 0.25) is 0 Å². The molecule has 0 amide bonds. The monoisotopic (exact) mass is 342 g/mol. The lowest BCUT2D eigenvalue weighted by Gasteiger charge is -2.38. The largest absolute Gasteiger partial charge is 0.497 e. The van der Waals surface area contributed by atoms with E-state index in [2.05, 4.69) is 30.5 Å². The highest BCUT2D eigenvalue weighted by Crippen LogP contribution is 2.39. The van der Waals surface area contributed by atoms with Crippen LogP contribution in [0.15, 0.2) is 48.5 Å². The summed E-state index contributed by atoms with van der Waals surface area (Å²) in [6.07, 6.45) is 0.842. The number of para-hydroxylation sites is 1. The molecule has 0 aromatic heterocycles. The zero-order valence-corrected chi connectivity index (χ0v) is 14.9. The first-order valence-corrected chi connectivity index (χ1v) is 8.37. The number of fused-ring (bicyclic) bond motifs is 1. The van der Waals surface area contributed by atoms with Crippen LogP contribution in [-0.2, 0) is 0 Å². The van der Waals surface area contributed by atoms with Crippen molar-refractivity contribution in [1.29, 1.82) is 0 Å². The van der Waals surface area contributed by atoms with Gasteiger partial charge in [0.05, 0.1) is 13.2 Å². The first kappa shape index (κ1) is 16.6. The standard InChI is InChI=1S/C19H22N2O2S/c1-19(2)12-16(15-6-4-5-7-17(15)23-19)21-18(24)20-13-8-10-14(22-3)11-9-13/h4-11,16H,12H2,1-3H3,(H2,20,21,24). The van der Waals surface area contributed by atoms with E-state index in [-0.39, 0.29) is 11.6 Å². The van der Waals surface area contributed by atoms with Gasteiger partial charge in [-0.15, -0.1) is 0 Å². The summed E-state index contributed by atoms with van der Waals surface area (Å²) in [5, 5.41) is 7.23. The second-order valence-electron chi connectivity index (χ2n) is 6.48. The molecule has 2 N–H and O–H groups in total. The first-order valence-electron chi connectivity index (χ1n) is 7.96. The molecule has 2 aromatic carbocycles. The minimum Gasteiger partial charge on any atom is -0.497 e. The van der Waals surface area contributed by atoms with Crippen molar-refractivity contribution in [2.24, 2.45) is 0 Å². The average molecular weight is 342 g/mol. The molecule has 1 aliphatic rings. The second-order valence-corrected chi connectivity index (χ2v) is 6.89. The fourth-order valence-corrected chi connectivity index (χ4v) is 3.19. The minimum absolute atomic E-state index is 0.114. The molecule has 24 heavy (non-hydrogen) atoms. The van der Waals surface area contributed by atoms with Gasteiger partial charge in [-0.25, -0.2) is 0 Å². The average Bonchev–Trinajstić information content (AvgIpc) is 2.54. The summed E-state index contributed by atoms with van der Waals surface area (Å²) >= 11 is 5.49. The lowest BCUT2D eigenvalue weighted by Crippen LogP contribution is -2.42. The van der Waals surface area contributed by atoms with E-state index in [1.165, 1.54) is 0 Å². The molecule has 0 fully saturated rings. The van der Waals surface area contributed by atoms with Crippen LogP contribution in [0.2, 0.25) is 0 Å². The van der Waals surface area contributed by atoms with Crippen molar-refractivity contribution in [2.45, 2.75) is 31.9 Å². The van der Waals surface area contributed by atoms with Gasteiger partial charge < -0.3 is 20.1 Å². The maximum Gasteiger partial charge on any atom is 0.171 e. The lowest BCUT2D eigenvalue weighted by atomic mass is 9.90. The topological polar surface area (TPSA) is 42.5 Å². The van der Waals surface area contributed by atoms with Gasteiger partial charge >= 0.3 is 0 Å². The summed E-state index contributed by atoms with van der Waals surface area (Å²) in [5.41, 5.74) is 1.82. The van der Waals surface area contributed by atoms with Gasteiger partial charge in [-0.3, -0.25) is 0 Å². The molecular formula is C19H22N2O2S. The quantitative estimate of drug-likeness (QED) is 0.815. The van der Waals surface area contributed by atoms with Crippen LogP contribution in [0.3, 0.4) is 0 Å². The van der Waals surface area contributed by atoms with Crippen LogP contribution in [-0.4, -0.2) is 17.8 Å². The van der Waals surface area contributed by atoms with E-state index in [9.17, 15) is 0 Å². The molecule has 1 atom stereocenters. The molecule has 2 aromatic rings. The van der Waals surface area contributed by atoms with Gasteiger partial charge in [0.25, 0.3) is 0 Å². The Bertz CT molecular complexity index is 728. The molecule has 4 nitrogen and oxygen atoms in total. The minimum atomic E-state index is -0.234. The lowest BCUT2D eigenvalue weighted by molar-refractivity contribution is 0.0697. The summed E-state index contributed by atoms with van der Waals surface area (Å²) in [6, 6.07) is 15.9. The van der Waals surface area contributed by atoms with Crippen LogP contribution in [0.25, 0.3) is 0 Å². The molecule has 1 aliphatic heterocycles. The van der Waals surface area contributed by atoms with Crippen LogP contribution in [0.5, 0.6) is 11.5 Å². The van der Waals surface area contributed by atoms with Gasteiger partial charge in [-0.1, -0.05) is 18.2 Å². The first-order chi connectivity index (χ1) is 11.5. The number of nitrogens with one attached hydrogen (secondary N) is 2. The van der Waals surface area contributed by atoms with Crippen molar-refractivity contribution < 1.29 is 9.47 Å². The molecule has 126 valence electrons. The maximum absolute atomic E-state index is 6.06. The van der Waals surface area contributed by atoms with Crippen LogP contribution >= 0.6 is 12.2 Å². The van der Waals surface area contributed by atoms with Gasteiger partial charge in [0, 0.05) is 17.7 Å². The predicted molar refractivity (Wildman–Crippen MR) is 101 cm³/mol. The summed E-state index contributed by atoms with van der Waals surface area (Å²) < 4.78 is 11.2. The smallest absolute Gasteiger partial charge is 0.171 e. The van der Waals surface area contributed by atoms with E-state index in [1.807, 2.05) is 42.5 Å². The number of methoxy groups -OCH3 is 1. The SMILES string of the molecule is COc1ccc(NC(=S)NC2CC(C)(C)Oc3ccccc32)cc1. The summed E-state index contributed by atoms with van der Waals surface area (Å²) in [7, 11) is 1.65. The Hall–Kier alpha value is -2.27. The Morgan fingerprint density at radius 2 is 1.88 bits per heavy atom. The van der Waals surface area contributed by atoms with Gasteiger partial charge in [0.15, 0.2) is 5.11 Å².